The summed E-state index contributed by atoms with van der Waals surface area (Å²) in [5.41, 5.74) is 1.72. The van der Waals surface area contributed by atoms with Crippen molar-refractivity contribution < 1.29 is 9.59 Å². The summed E-state index contributed by atoms with van der Waals surface area (Å²) in [4.78, 5) is 28.2. The third kappa shape index (κ3) is 3.35. The predicted octanol–water partition coefficient (Wildman–Crippen LogP) is 1.63. The first-order valence-corrected chi connectivity index (χ1v) is 7.27. The smallest absolute Gasteiger partial charge is 0.250 e. The third-order valence-electron chi connectivity index (χ3n) is 3.56. The summed E-state index contributed by atoms with van der Waals surface area (Å²) in [6, 6.07) is 7.23. The molecular weight excluding hydrogens is 266 g/mol. The van der Waals surface area contributed by atoms with E-state index in [0.29, 0.717) is 12.3 Å². The van der Waals surface area contributed by atoms with Crippen LogP contribution in [-0.2, 0) is 9.59 Å². The zero-order valence-corrected chi connectivity index (χ0v) is 13.1. The Hall–Kier alpha value is -2.04. The number of anilines is 2. The van der Waals surface area contributed by atoms with Gasteiger partial charge in [-0.05, 0) is 24.5 Å². The molecule has 5 nitrogen and oxygen atoms in total. The van der Waals surface area contributed by atoms with Gasteiger partial charge in [0.2, 0.25) is 11.8 Å². The van der Waals surface area contributed by atoms with Crippen LogP contribution in [0, 0.1) is 5.92 Å². The van der Waals surface area contributed by atoms with Crippen LogP contribution >= 0.6 is 0 Å². The minimum absolute atomic E-state index is 0.0300. The average Bonchev–Trinajstić information content (AvgIpc) is 2.42. The van der Waals surface area contributed by atoms with Gasteiger partial charge in [0.1, 0.15) is 12.6 Å². The topological polar surface area (TPSA) is 52.7 Å². The van der Waals surface area contributed by atoms with E-state index in [1.807, 2.05) is 57.1 Å². The Morgan fingerprint density at radius 2 is 1.95 bits per heavy atom. The maximum absolute atomic E-state index is 12.7. The van der Waals surface area contributed by atoms with Gasteiger partial charge in [0.25, 0.3) is 0 Å². The second-order valence-corrected chi connectivity index (χ2v) is 6.06. The van der Waals surface area contributed by atoms with Crippen LogP contribution in [0.4, 0.5) is 11.4 Å². The number of hydrogen-bond acceptors (Lipinski definition) is 3. The number of piperazine rings is 1. The normalized spacial score (nSPS) is 18.9. The van der Waals surface area contributed by atoms with E-state index in [9.17, 15) is 9.59 Å². The van der Waals surface area contributed by atoms with E-state index in [4.69, 9.17) is 0 Å². The van der Waals surface area contributed by atoms with Crippen molar-refractivity contribution in [3.05, 3.63) is 24.3 Å². The van der Waals surface area contributed by atoms with E-state index < -0.39 is 6.04 Å². The SMILES string of the molecule is CC(C)CC1NC(=O)CN(c2ccccc2N(C)C)C1=O. The van der Waals surface area contributed by atoms with Crippen molar-refractivity contribution in [2.24, 2.45) is 5.92 Å². The Morgan fingerprint density at radius 3 is 2.57 bits per heavy atom. The highest BCUT2D eigenvalue weighted by atomic mass is 16.2. The molecule has 21 heavy (non-hydrogen) atoms. The van der Waals surface area contributed by atoms with Gasteiger partial charge in [-0.15, -0.1) is 0 Å². The highest BCUT2D eigenvalue weighted by Crippen LogP contribution is 2.29. The monoisotopic (exact) mass is 289 g/mol. The number of hydrogen-bond donors (Lipinski definition) is 1. The van der Waals surface area contributed by atoms with E-state index >= 15 is 0 Å². The quantitative estimate of drug-likeness (QED) is 0.916. The van der Waals surface area contributed by atoms with Gasteiger partial charge in [0.05, 0.1) is 11.4 Å². The maximum Gasteiger partial charge on any atom is 0.250 e. The molecule has 1 N–H and O–H groups in total. The van der Waals surface area contributed by atoms with Crippen LogP contribution in [0.2, 0.25) is 0 Å². The van der Waals surface area contributed by atoms with Crippen molar-refractivity contribution >= 4 is 23.2 Å². The van der Waals surface area contributed by atoms with Crippen molar-refractivity contribution in [3.63, 3.8) is 0 Å². The van der Waals surface area contributed by atoms with Crippen molar-refractivity contribution in [1.29, 1.82) is 0 Å². The molecule has 1 aromatic rings. The summed E-state index contributed by atoms with van der Waals surface area (Å²) in [5.74, 6) is 0.217. The van der Waals surface area contributed by atoms with Crippen molar-refractivity contribution in [1.82, 2.24) is 5.32 Å². The van der Waals surface area contributed by atoms with Gasteiger partial charge in [-0.25, -0.2) is 0 Å². The van der Waals surface area contributed by atoms with E-state index in [1.165, 1.54) is 0 Å². The lowest BCUT2D eigenvalue weighted by Gasteiger charge is -2.35. The summed E-state index contributed by atoms with van der Waals surface area (Å²) < 4.78 is 0. The molecule has 0 spiro atoms. The molecule has 2 amide bonds. The Morgan fingerprint density at radius 1 is 1.29 bits per heavy atom. The van der Waals surface area contributed by atoms with Crippen LogP contribution in [-0.4, -0.2) is 38.5 Å². The molecule has 1 aromatic carbocycles. The molecule has 114 valence electrons. The van der Waals surface area contributed by atoms with E-state index in [2.05, 4.69) is 5.32 Å². The van der Waals surface area contributed by atoms with Crippen molar-refractivity contribution in [2.45, 2.75) is 26.3 Å². The van der Waals surface area contributed by atoms with Crippen LogP contribution in [0.1, 0.15) is 20.3 Å². The molecule has 2 rings (SSSR count). The molecule has 1 aliphatic rings. The molecule has 1 fully saturated rings. The minimum atomic E-state index is -0.429. The fourth-order valence-electron chi connectivity index (χ4n) is 2.62. The molecule has 1 unspecified atom stereocenters. The first kappa shape index (κ1) is 15.4. The lowest BCUT2D eigenvalue weighted by molar-refractivity contribution is -0.131. The van der Waals surface area contributed by atoms with Gasteiger partial charge in [0, 0.05) is 14.1 Å². The van der Waals surface area contributed by atoms with Crippen LogP contribution in [0.5, 0.6) is 0 Å². The van der Waals surface area contributed by atoms with E-state index in [1.54, 1.807) is 4.90 Å². The van der Waals surface area contributed by atoms with Gasteiger partial charge in [-0.2, -0.15) is 0 Å². The standard InChI is InChI=1S/C16H23N3O2/c1-11(2)9-12-16(21)19(10-15(20)17-12)14-8-6-5-7-13(14)18(3)4/h5-8,11-12H,9-10H2,1-4H3,(H,17,20). The number of carbonyl (C=O) groups is 2. The van der Waals surface area contributed by atoms with Gasteiger partial charge in [-0.1, -0.05) is 26.0 Å². The molecule has 1 saturated heterocycles. The summed E-state index contributed by atoms with van der Waals surface area (Å²) in [6.07, 6.45) is 0.658. The summed E-state index contributed by atoms with van der Waals surface area (Å²) >= 11 is 0. The van der Waals surface area contributed by atoms with Crippen LogP contribution in [0.3, 0.4) is 0 Å². The Balaban J connectivity index is 2.34. The second-order valence-electron chi connectivity index (χ2n) is 6.06. The fraction of sp³-hybridized carbons (Fsp3) is 0.500. The Bertz CT molecular complexity index is 540. The van der Waals surface area contributed by atoms with Crippen molar-refractivity contribution in [3.8, 4) is 0 Å². The average molecular weight is 289 g/mol. The van der Waals surface area contributed by atoms with Crippen molar-refractivity contribution in [2.75, 3.05) is 30.4 Å². The first-order chi connectivity index (χ1) is 9.90. The summed E-state index contributed by atoms with van der Waals surface area (Å²) in [7, 11) is 3.86. The zero-order chi connectivity index (χ0) is 15.6. The first-order valence-electron chi connectivity index (χ1n) is 7.27. The van der Waals surface area contributed by atoms with Gasteiger partial charge in [0.15, 0.2) is 0 Å². The number of amides is 2. The molecule has 0 radical (unpaired) electrons. The van der Waals surface area contributed by atoms with Gasteiger partial charge < -0.3 is 10.2 Å². The molecular formula is C16H23N3O2. The Kier molecular flexibility index (Phi) is 4.50. The molecule has 0 aliphatic carbocycles. The second kappa shape index (κ2) is 6.16. The minimum Gasteiger partial charge on any atom is -0.376 e. The lowest BCUT2D eigenvalue weighted by Crippen LogP contribution is -2.58. The predicted molar refractivity (Wildman–Crippen MR) is 84.5 cm³/mol. The molecule has 0 bridgehead atoms. The molecule has 1 atom stereocenters. The molecule has 1 aliphatic heterocycles. The largest absolute Gasteiger partial charge is 0.376 e. The number of carbonyl (C=O) groups excluding carboxylic acids is 2. The molecule has 1 heterocycles. The number of nitrogens with one attached hydrogen (secondary N) is 1. The molecule has 5 heteroatoms. The molecule has 0 aromatic heterocycles. The Labute approximate surface area is 125 Å². The van der Waals surface area contributed by atoms with Gasteiger partial charge in [-0.3, -0.25) is 14.5 Å². The summed E-state index contributed by atoms with van der Waals surface area (Å²) in [6.45, 7) is 4.18. The highest BCUT2D eigenvalue weighted by Gasteiger charge is 2.34. The molecule has 0 saturated carbocycles. The van der Waals surface area contributed by atoms with E-state index in [0.717, 1.165) is 11.4 Å². The fourth-order valence-corrected chi connectivity index (χ4v) is 2.62. The van der Waals surface area contributed by atoms with E-state index in [-0.39, 0.29) is 18.4 Å². The number of benzene rings is 1. The maximum atomic E-state index is 12.7. The zero-order valence-electron chi connectivity index (χ0n) is 13.1. The lowest BCUT2D eigenvalue weighted by atomic mass is 10.0. The van der Waals surface area contributed by atoms with Crippen LogP contribution in [0.25, 0.3) is 0 Å². The highest BCUT2D eigenvalue weighted by molar-refractivity contribution is 6.08. The van der Waals surface area contributed by atoms with Crippen LogP contribution < -0.4 is 15.1 Å². The third-order valence-corrected chi connectivity index (χ3v) is 3.56. The number of rotatable bonds is 4. The number of para-hydroxylation sites is 2. The van der Waals surface area contributed by atoms with Gasteiger partial charge >= 0.3 is 0 Å². The number of nitrogens with zero attached hydrogens (tertiary/aromatic N) is 2. The summed E-state index contributed by atoms with van der Waals surface area (Å²) in [5, 5.41) is 2.80. The van der Waals surface area contributed by atoms with Crippen LogP contribution in [0.15, 0.2) is 24.3 Å².